The van der Waals surface area contributed by atoms with Gasteiger partial charge in [0.2, 0.25) is 5.91 Å². The van der Waals surface area contributed by atoms with Gasteiger partial charge in [0.05, 0.1) is 13.2 Å². The zero-order valence-corrected chi connectivity index (χ0v) is 18.2. The van der Waals surface area contributed by atoms with E-state index >= 15 is 0 Å². The number of hydrogen-bond acceptors (Lipinski definition) is 4. The average molecular weight is 400 g/mol. The maximum Gasteiger partial charge on any atom is 0.222 e. The van der Waals surface area contributed by atoms with Crippen molar-refractivity contribution in [3.05, 3.63) is 34.9 Å². The number of piperidine rings is 2. The van der Waals surface area contributed by atoms with E-state index in [4.69, 9.17) is 4.74 Å². The van der Waals surface area contributed by atoms with Crippen LogP contribution >= 0.6 is 0 Å². The minimum Gasteiger partial charge on any atom is -0.379 e. The Morgan fingerprint density at radius 3 is 2.69 bits per heavy atom. The summed E-state index contributed by atoms with van der Waals surface area (Å²) in [5.74, 6) is 1.02. The highest BCUT2D eigenvalue weighted by molar-refractivity contribution is 5.77. The maximum atomic E-state index is 12.7. The third kappa shape index (κ3) is 5.19. The summed E-state index contributed by atoms with van der Waals surface area (Å²) < 4.78 is 5.44. The van der Waals surface area contributed by atoms with Crippen molar-refractivity contribution >= 4 is 5.91 Å². The van der Waals surface area contributed by atoms with Gasteiger partial charge in [0.15, 0.2) is 0 Å². The molecule has 29 heavy (non-hydrogen) atoms. The molecule has 4 rings (SSSR count). The van der Waals surface area contributed by atoms with E-state index in [1.54, 1.807) is 0 Å². The lowest BCUT2D eigenvalue weighted by Gasteiger charge is -2.47. The van der Waals surface area contributed by atoms with Crippen LogP contribution in [0.5, 0.6) is 0 Å². The fourth-order valence-electron chi connectivity index (χ4n) is 5.36. The molecule has 5 nitrogen and oxygen atoms in total. The summed E-state index contributed by atoms with van der Waals surface area (Å²) in [6.45, 7) is 13.5. The van der Waals surface area contributed by atoms with Gasteiger partial charge in [-0.25, -0.2) is 0 Å². The zero-order chi connectivity index (χ0) is 20.2. The first-order chi connectivity index (χ1) is 14.1. The summed E-state index contributed by atoms with van der Waals surface area (Å²) in [5, 5.41) is 0. The molecule has 0 spiro atoms. The van der Waals surface area contributed by atoms with E-state index in [2.05, 4.69) is 46.7 Å². The van der Waals surface area contributed by atoms with Crippen LogP contribution in [0.1, 0.15) is 42.4 Å². The van der Waals surface area contributed by atoms with Crippen LogP contribution in [0.25, 0.3) is 0 Å². The molecule has 1 aromatic carbocycles. The van der Waals surface area contributed by atoms with Crippen LogP contribution in [0.4, 0.5) is 0 Å². The molecule has 0 unspecified atom stereocenters. The summed E-state index contributed by atoms with van der Waals surface area (Å²) in [7, 11) is 0. The molecule has 160 valence electrons. The molecular formula is C24H37N3O2. The molecule has 2 atom stereocenters. The number of ether oxygens (including phenoxy) is 1. The largest absolute Gasteiger partial charge is 0.379 e. The quantitative estimate of drug-likeness (QED) is 0.737. The SMILES string of the molecule is Cc1ccc(C)c(CN2CC[C@H]3[C@H](CCC(=O)N3CCCN3CCOCC3)C2)c1. The second-order valence-electron chi connectivity index (χ2n) is 9.21. The first kappa shape index (κ1) is 20.8. The lowest BCUT2D eigenvalue weighted by molar-refractivity contribution is -0.141. The van der Waals surface area contributed by atoms with Gasteiger partial charge in [0.1, 0.15) is 0 Å². The molecule has 0 N–H and O–H groups in total. The molecule has 3 aliphatic heterocycles. The van der Waals surface area contributed by atoms with E-state index < -0.39 is 0 Å². The van der Waals surface area contributed by atoms with Gasteiger partial charge in [-0.05, 0) is 50.2 Å². The third-order valence-electron chi connectivity index (χ3n) is 7.10. The average Bonchev–Trinajstić information content (AvgIpc) is 2.73. The molecule has 0 saturated carbocycles. The Kier molecular flexibility index (Phi) is 6.88. The van der Waals surface area contributed by atoms with Gasteiger partial charge in [-0.15, -0.1) is 0 Å². The van der Waals surface area contributed by atoms with E-state index in [0.29, 0.717) is 17.9 Å². The van der Waals surface area contributed by atoms with Crippen LogP contribution in [0.2, 0.25) is 0 Å². The standard InChI is InChI=1S/C24H37N3O2/c1-19-4-5-20(2)22(16-19)18-26-11-8-23-21(17-26)6-7-24(28)27(23)10-3-9-25-12-14-29-15-13-25/h4-5,16,21,23H,3,6-15,17-18H2,1-2H3/t21-,23+/m1/s1. The fraction of sp³-hybridized carbons (Fsp3) is 0.708. The summed E-state index contributed by atoms with van der Waals surface area (Å²) >= 11 is 0. The van der Waals surface area contributed by atoms with Crippen LogP contribution in [0.15, 0.2) is 18.2 Å². The highest BCUT2D eigenvalue weighted by Gasteiger charge is 2.39. The van der Waals surface area contributed by atoms with Crippen molar-refractivity contribution in [3.8, 4) is 0 Å². The van der Waals surface area contributed by atoms with Crippen LogP contribution < -0.4 is 0 Å². The Morgan fingerprint density at radius 2 is 1.86 bits per heavy atom. The molecule has 0 radical (unpaired) electrons. The summed E-state index contributed by atoms with van der Waals surface area (Å²) in [5.41, 5.74) is 4.19. The number of likely N-dealkylation sites (tertiary alicyclic amines) is 2. The predicted octanol–water partition coefficient (Wildman–Crippen LogP) is 2.84. The first-order valence-electron chi connectivity index (χ1n) is 11.5. The monoisotopic (exact) mass is 399 g/mol. The number of aryl methyl sites for hydroxylation is 2. The highest BCUT2D eigenvalue weighted by atomic mass is 16.5. The van der Waals surface area contributed by atoms with Gasteiger partial charge in [0, 0.05) is 58.3 Å². The normalized spacial score (nSPS) is 26.6. The van der Waals surface area contributed by atoms with Crippen molar-refractivity contribution in [2.24, 2.45) is 5.92 Å². The van der Waals surface area contributed by atoms with Crippen molar-refractivity contribution < 1.29 is 9.53 Å². The molecule has 3 aliphatic rings. The van der Waals surface area contributed by atoms with Crippen LogP contribution in [-0.2, 0) is 16.1 Å². The number of carbonyl (C=O) groups is 1. The molecule has 5 heteroatoms. The number of rotatable bonds is 6. The van der Waals surface area contributed by atoms with E-state index in [0.717, 1.165) is 84.7 Å². The topological polar surface area (TPSA) is 36.0 Å². The number of fused-ring (bicyclic) bond motifs is 1. The van der Waals surface area contributed by atoms with Crippen molar-refractivity contribution in [2.75, 3.05) is 52.5 Å². The van der Waals surface area contributed by atoms with Gasteiger partial charge < -0.3 is 9.64 Å². The van der Waals surface area contributed by atoms with Crippen molar-refractivity contribution in [2.45, 2.75) is 52.1 Å². The van der Waals surface area contributed by atoms with Gasteiger partial charge >= 0.3 is 0 Å². The van der Waals surface area contributed by atoms with Crippen molar-refractivity contribution in [3.63, 3.8) is 0 Å². The number of nitrogens with zero attached hydrogens (tertiary/aromatic N) is 3. The molecule has 0 bridgehead atoms. The Hall–Kier alpha value is -1.43. The van der Waals surface area contributed by atoms with Crippen molar-refractivity contribution in [1.29, 1.82) is 0 Å². The summed E-state index contributed by atoms with van der Waals surface area (Å²) in [4.78, 5) is 20.0. The number of amides is 1. The van der Waals surface area contributed by atoms with E-state index in [1.807, 2.05) is 0 Å². The minimum atomic E-state index is 0.385. The second kappa shape index (κ2) is 9.59. The van der Waals surface area contributed by atoms with Crippen LogP contribution in [-0.4, -0.2) is 79.1 Å². The number of morpholine rings is 1. The van der Waals surface area contributed by atoms with Crippen LogP contribution in [0.3, 0.4) is 0 Å². The van der Waals surface area contributed by atoms with E-state index in [-0.39, 0.29) is 0 Å². The first-order valence-corrected chi connectivity index (χ1v) is 11.5. The summed E-state index contributed by atoms with van der Waals surface area (Å²) in [6.07, 6.45) is 4.00. The van der Waals surface area contributed by atoms with Gasteiger partial charge in [-0.3, -0.25) is 14.6 Å². The van der Waals surface area contributed by atoms with Crippen molar-refractivity contribution in [1.82, 2.24) is 14.7 Å². The molecule has 3 heterocycles. The maximum absolute atomic E-state index is 12.7. The minimum absolute atomic E-state index is 0.385. The third-order valence-corrected chi connectivity index (χ3v) is 7.10. The molecule has 0 aliphatic carbocycles. The molecule has 1 aromatic rings. The Labute approximate surface area is 176 Å². The van der Waals surface area contributed by atoms with Crippen LogP contribution in [0, 0.1) is 19.8 Å². The fourth-order valence-corrected chi connectivity index (χ4v) is 5.36. The Bertz CT molecular complexity index is 701. The molecule has 3 saturated heterocycles. The second-order valence-corrected chi connectivity index (χ2v) is 9.21. The Balaban J connectivity index is 1.31. The number of benzene rings is 1. The number of carbonyl (C=O) groups excluding carboxylic acids is 1. The molecule has 3 fully saturated rings. The predicted molar refractivity (Wildman–Crippen MR) is 116 cm³/mol. The number of hydrogen-bond donors (Lipinski definition) is 0. The van der Waals surface area contributed by atoms with E-state index in [1.165, 1.54) is 16.7 Å². The molecule has 1 amide bonds. The Morgan fingerprint density at radius 1 is 1.03 bits per heavy atom. The zero-order valence-electron chi connectivity index (χ0n) is 18.2. The molecule has 0 aromatic heterocycles. The summed E-state index contributed by atoms with van der Waals surface area (Å²) in [6, 6.07) is 7.24. The smallest absolute Gasteiger partial charge is 0.222 e. The molecular weight excluding hydrogens is 362 g/mol. The van der Waals surface area contributed by atoms with Gasteiger partial charge in [-0.1, -0.05) is 23.8 Å². The van der Waals surface area contributed by atoms with E-state index in [9.17, 15) is 4.79 Å². The lowest BCUT2D eigenvalue weighted by atomic mass is 9.83. The lowest BCUT2D eigenvalue weighted by Crippen LogP contribution is -2.56. The van der Waals surface area contributed by atoms with Gasteiger partial charge in [0.25, 0.3) is 0 Å². The van der Waals surface area contributed by atoms with Gasteiger partial charge in [-0.2, -0.15) is 0 Å². The highest BCUT2D eigenvalue weighted by Crippen LogP contribution is 2.32.